The van der Waals surface area contributed by atoms with E-state index in [-0.39, 0.29) is 0 Å². The van der Waals surface area contributed by atoms with Crippen molar-refractivity contribution >= 4 is 120 Å². The van der Waals surface area contributed by atoms with Gasteiger partial charge in [0.05, 0.1) is 91.6 Å². The molecule has 18 aromatic carbocycles. The lowest BCUT2D eigenvalue weighted by atomic mass is 9.93. The molecule has 0 saturated carbocycles. The van der Waals surface area contributed by atoms with Crippen molar-refractivity contribution in [3.63, 3.8) is 0 Å². The monoisotopic (exact) mass is 1540 g/mol. The van der Waals surface area contributed by atoms with Gasteiger partial charge in [-0.3, -0.25) is 0 Å². The Balaban J connectivity index is 0.000000145. The molecule has 560 valence electrons. The molecule has 0 aliphatic heterocycles. The summed E-state index contributed by atoms with van der Waals surface area (Å²) >= 11 is 0. The minimum atomic E-state index is 0.566. The number of nitriles is 2. The SMILES string of the molecule is [C-]#[N+]c1ccc2c(c1)c1cc([N+]#[C-])ccc1n2-c1ccc(-c2cc(-c3ccccc3)cc(-c3ccc(-n4c5ccc(C#N)cc5c5cc(C#N)ccc54)cc3)c2)cc1.c1ccc2c(c1)c1ccccc1n2-c1ccc(-c2cc(-c3ccc(-n4c5ccccc5c5ccccc54)cc3)cc(-c3ccc(-n4c5ccccc5c5ccccc54)cc3)c2)cc1. The normalized spacial score (nSPS) is 11.4. The molecule has 0 bridgehead atoms. The molecule has 23 rings (SSSR count). The molecule has 0 aliphatic rings. The quantitative estimate of drug-likeness (QED) is 0.121. The molecule has 0 saturated heterocycles. The van der Waals surface area contributed by atoms with Crippen LogP contribution in [-0.2, 0) is 0 Å². The van der Waals surface area contributed by atoms with E-state index in [1.807, 2.05) is 78.9 Å². The zero-order chi connectivity index (χ0) is 80.8. The number of benzene rings is 18. The first-order chi connectivity index (χ1) is 59.8. The molecule has 0 aliphatic carbocycles. The molecule has 0 radical (unpaired) electrons. The van der Waals surface area contributed by atoms with E-state index in [2.05, 4.69) is 372 Å². The van der Waals surface area contributed by atoms with E-state index >= 15 is 0 Å². The Morgan fingerprint density at radius 2 is 0.372 bits per heavy atom. The minimum absolute atomic E-state index is 0.566. The summed E-state index contributed by atoms with van der Waals surface area (Å²) in [5.74, 6) is 0. The van der Waals surface area contributed by atoms with E-state index in [0.717, 1.165) is 105 Å². The molecule has 0 atom stereocenters. The Labute approximate surface area is 696 Å². The van der Waals surface area contributed by atoms with Gasteiger partial charge in [-0.2, -0.15) is 10.5 Å². The average Bonchev–Trinajstić information content (AvgIpc) is 1.64. The van der Waals surface area contributed by atoms with Crippen LogP contribution in [0.4, 0.5) is 11.4 Å². The molecule has 9 nitrogen and oxygen atoms in total. The summed E-state index contributed by atoms with van der Waals surface area (Å²) in [5, 5.41) is 30.6. The maximum absolute atomic E-state index is 9.64. The van der Waals surface area contributed by atoms with E-state index in [1.165, 1.54) is 98.8 Å². The van der Waals surface area contributed by atoms with Crippen molar-refractivity contribution < 1.29 is 0 Å². The Morgan fingerprint density at radius 3 is 0.603 bits per heavy atom. The van der Waals surface area contributed by atoms with E-state index in [4.69, 9.17) is 13.1 Å². The molecule has 0 fully saturated rings. The summed E-state index contributed by atoms with van der Waals surface area (Å²) in [6.07, 6.45) is 0. The van der Waals surface area contributed by atoms with Crippen LogP contribution in [-0.4, -0.2) is 22.8 Å². The molecule has 121 heavy (non-hydrogen) atoms. The number of fused-ring (bicyclic) bond motifs is 15. The second-order valence-electron chi connectivity index (χ2n) is 30.8. The highest BCUT2D eigenvalue weighted by Crippen LogP contribution is 2.44. The smallest absolute Gasteiger partial charge is 0.188 e. The second-order valence-corrected chi connectivity index (χ2v) is 30.8. The van der Waals surface area contributed by atoms with Crippen molar-refractivity contribution in [1.29, 1.82) is 10.5 Å². The summed E-state index contributed by atoms with van der Waals surface area (Å²) in [6, 6.07) is 148. The number of nitrogens with zero attached hydrogens (tertiary/aromatic N) is 9. The van der Waals surface area contributed by atoms with Crippen LogP contribution in [0, 0.1) is 35.8 Å². The first-order valence-corrected chi connectivity index (χ1v) is 40.3. The lowest BCUT2D eigenvalue weighted by Gasteiger charge is -2.14. The van der Waals surface area contributed by atoms with Gasteiger partial charge in [-0.1, -0.05) is 212 Å². The molecule has 5 heterocycles. The molecule has 9 heteroatoms. The van der Waals surface area contributed by atoms with E-state index in [1.54, 1.807) is 0 Å². The van der Waals surface area contributed by atoms with Gasteiger partial charge in [-0.25, -0.2) is 9.69 Å². The number of para-hydroxylation sites is 6. The van der Waals surface area contributed by atoms with Gasteiger partial charge in [0.2, 0.25) is 0 Å². The van der Waals surface area contributed by atoms with E-state index in [9.17, 15) is 10.5 Å². The first-order valence-electron chi connectivity index (χ1n) is 40.3. The summed E-state index contributed by atoms with van der Waals surface area (Å²) in [7, 11) is 0. The van der Waals surface area contributed by atoms with Crippen LogP contribution in [0.3, 0.4) is 0 Å². The molecule has 0 N–H and O–H groups in total. The maximum Gasteiger partial charge on any atom is 0.188 e. The minimum Gasteiger partial charge on any atom is -0.309 e. The second kappa shape index (κ2) is 29.0. The van der Waals surface area contributed by atoms with Crippen LogP contribution in [0.1, 0.15) is 11.1 Å². The fourth-order valence-electron chi connectivity index (χ4n) is 18.4. The molecular weight excluding hydrogens is 1470 g/mol. The van der Waals surface area contributed by atoms with Gasteiger partial charge >= 0.3 is 0 Å². The Hall–Kier alpha value is -17.1. The molecule has 0 amide bonds. The molecular formula is C112H67N9. The third kappa shape index (κ3) is 12.1. The number of hydrogen-bond donors (Lipinski definition) is 0. The Morgan fingerprint density at radius 1 is 0.174 bits per heavy atom. The first kappa shape index (κ1) is 70.5. The highest BCUT2D eigenvalue weighted by molar-refractivity contribution is 6.14. The maximum atomic E-state index is 9.64. The van der Waals surface area contributed by atoms with Gasteiger partial charge in [0.1, 0.15) is 0 Å². The van der Waals surface area contributed by atoms with Crippen molar-refractivity contribution in [2.75, 3.05) is 0 Å². The number of hydrogen-bond acceptors (Lipinski definition) is 2. The lowest BCUT2D eigenvalue weighted by Crippen LogP contribution is -1.95. The topological polar surface area (TPSA) is 81.0 Å². The lowest BCUT2D eigenvalue weighted by molar-refractivity contribution is 1.18. The average molecular weight is 1540 g/mol. The zero-order valence-electron chi connectivity index (χ0n) is 65.2. The van der Waals surface area contributed by atoms with Gasteiger partial charge in [-0.05, 0) is 272 Å². The van der Waals surface area contributed by atoms with Crippen molar-refractivity contribution in [3.8, 4) is 107 Å². The van der Waals surface area contributed by atoms with Crippen LogP contribution in [0.2, 0.25) is 0 Å². The van der Waals surface area contributed by atoms with Crippen molar-refractivity contribution in [2.24, 2.45) is 0 Å². The van der Waals surface area contributed by atoms with Gasteiger partial charge in [0.15, 0.2) is 11.4 Å². The Bertz CT molecular complexity index is 7400. The van der Waals surface area contributed by atoms with Crippen molar-refractivity contribution in [3.05, 3.63) is 440 Å². The predicted octanol–water partition coefficient (Wildman–Crippen LogP) is 29.7. The van der Waals surface area contributed by atoms with Crippen molar-refractivity contribution in [2.45, 2.75) is 0 Å². The number of rotatable bonds is 11. The van der Waals surface area contributed by atoms with Crippen LogP contribution >= 0.6 is 0 Å². The molecule has 0 spiro atoms. The van der Waals surface area contributed by atoms with Crippen LogP contribution in [0.5, 0.6) is 0 Å². The van der Waals surface area contributed by atoms with Crippen LogP contribution in [0.25, 0.3) is 214 Å². The standard InChI is InChI=1S/C60H39N3.C52H28N6/c1-7-19-55-49(13-1)50-14-2-8-20-56(50)61(55)46-31-25-40(26-32-46)43-37-44(41-27-33-47(34-28-41)62-57-21-9-3-15-51(57)52-16-4-10-22-58(52)62)39-45(38-43)42-29-35-48(36-30-42)63-59-23-11-5-17-53(59)54-18-6-12-24-60(54)63;1-55-41-14-22-51-47(29-41)48-30-42(56-2)15-23-52(48)58(51)44-18-12-37(13-19-44)40-27-38(35-6-4-3-5-7-35)26-39(28-40)36-10-16-43(17-11-36)57-49-20-8-33(31-53)24-45(49)46-25-34(32-54)9-21-50(46)57/h1-39H;3-30H. The third-order valence-electron chi connectivity index (χ3n) is 24.0. The molecule has 5 aromatic heterocycles. The van der Waals surface area contributed by atoms with E-state index in [0.29, 0.717) is 22.5 Å². The summed E-state index contributed by atoms with van der Waals surface area (Å²) in [6.45, 7) is 15.2. The fourth-order valence-corrected chi connectivity index (χ4v) is 18.4. The zero-order valence-corrected chi connectivity index (χ0v) is 65.2. The van der Waals surface area contributed by atoms with Gasteiger partial charge < -0.3 is 22.8 Å². The van der Waals surface area contributed by atoms with Gasteiger partial charge in [0, 0.05) is 71.5 Å². The van der Waals surface area contributed by atoms with Crippen molar-refractivity contribution in [1.82, 2.24) is 22.8 Å². The van der Waals surface area contributed by atoms with Gasteiger partial charge in [0.25, 0.3) is 0 Å². The van der Waals surface area contributed by atoms with Crippen LogP contribution < -0.4 is 0 Å². The highest BCUT2D eigenvalue weighted by atomic mass is 15.0. The molecule has 23 aromatic rings. The summed E-state index contributed by atoms with van der Waals surface area (Å²) < 4.78 is 11.5. The van der Waals surface area contributed by atoms with Crippen LogP contribution in [0.15, 0.2) is 406 Å². The third-order valence-corrected chi connectivity index (χ3v) is 24.0. The number of aromatic nitrogens is 5. The fraction of sp³-hybridized carbons (Fsp3) is 0. The summed E-state index contributed by atoms with van der Waals surface area (Å²) in [4.78, 5) is 7.33. The van der Waals surface area contributed by atoms with E-state index < -0.39 is 0 Å². The molecule has 0 unspecified atom stereocenters. The highest BCUT2D eigenvalue weighted by Gasteiger charge is 2.21. The van der Waals surface area contributed by atoms with Gasteiger partial charge in [-0.15, -0.1) is 0 Å². The largest absolute Gasteiger partial charge is 0.309 e. The predicted molar refractivity (Wildman–Crippen MR) is 499 cm³/mol. The summed E-state index contributed by atoms with van der Waals surface area (Å²) in [5.41, 5.74) is 32.5. The Kier molecular flexibility index (Phi) is 16.9.